The summed E-state index contributed by atoms with van der Waals surface area (Å²) in [5.74, 6) is 0. The molecule has 8 nitrogen and oxygen atoms in total. The van der Waals surface area contributed by atoms with Crippen LogP contribution in [0.25, 0.3) is 0 Å². The topological polar surface area (TPSA) is 107 Å². The van der Waals surface area contributed by atoms with E-state index in [1.165, 1.54) is 12.8 Å². The number of benzene rings is 2. The second-order valence-corrected chi connectivity index (χ2v) is 12.8. The second kappa shape index (κ2) is 13.6. The van der Waals surface area contributed by atoms with Crippen LogP contribution in [0, 0.1) is 0 Å². The summed E-state index contributed by atoms with van der Waals surface area (Å²) < 4.78 is 29.1. The number of anilines is 3. The zero-order valence-electron chi connectivity index (χ0n) is 23.3. The molecular weight excluding hydrogens is 555 g/mol. The molecule has 2 aromatic heterocycles. The summed E-state index contributed by atoms with van der Waals surface area (Å²) in [5, 5.41) is 16.6. The first kappa shape index (κ1) is 29.2. The first-order valence-electron chi connectivity index (χ1n) is 14.2. The minimum Gasteiger partial charge on any atom is -0.387 e. The van der Waals surface area contributed by atoms with Gasteiger partial charge in [0.2, 0.25) is 0 Å². The van der Waals surface area contributed by atoms with E-state index in [0.29, 0.717) is 18.8 Å². The molecule has 2 aromatic carbocycles. The normalized spacial score (nSPS) is 13.8. The van der Waals surface area contributed by atoms with E-state index in [-0.39, 0.29) is 4.90 Å². The standard InChI is InChI=1S/C31H37N5O3S2/c1-2-3-4-7-27-22-40-31(34-27)36-18-15-24-19-28(12-13-29(24)36)41(38,39)35-26-10-8-23(9-11-26)14-17-33-21-30(37)25-6-5-16-32-20-25/h5-6,8-13,16,19-20,22,30,33,35,37H,2-4,7,14-15,17-18,21H2,1H3. The summed E-state index contributed by atoms with van der Waals surface area (Å²) in [7, 11) is -3.72. The Balaban J connectivity index is 1.14. The summed E-state index contributed by atoms with van der Waals surface area (Å²) in [6.07, 6.45) is 8.84. The lowest BCUT2D eigenvalue weighted by Crippen LogP contribution is -2.23. The van der Waals surface area contributed by atoms with Gasteiger partial charge in [0.15, 0.2) is 5.13 Å². The molecule has 0 bridgehead atoms. The molecule has 1 unspecified atom stereocenters. The lowest BCUT2D eigenvalue weighted by atomic mass is 10.1. The maximum Gasteiger partial charge on any atom is 0.261 e. The number of aromatic nitrogens is 2. The predicted octanol–water partition coefficient (Wildman–Crippen LogP) is 5.63. The summed E-state index contributed by atoms with van der Waals surface area (Å²) in [4.78, 5) is 11.3. The van der Waals surface area contributed by atoms with Gasteiger partial charge < -0.3 is 15.3 Å². The molecule has 0 saturated heterocycles. The number of fused-ring (bicyclic) bond motifs is 1. The number of thiazole rings is 1. The van der Waals surface area contributed by atoms with E-state index in [2.05, 4.69) is 32.2 Å². The highest BCUT2D eigenvalue weighted by Gasteiger charge is 2.25. The fraction of sp³-hybridized carbons (Fsp3) is 0.355. The van der Waals surface area contributed by atoms with Crippen molar-refractivity contribution < 1.29 is 13.5 Å². The van der Waals surface area contributed by atoms with Crippen LogP contribution in [0.2, 0.25) is 0 Å². The molecule has 10 heteroatoms. The van der Waals surface area contributed by atoms with Crippen LogP contribution in [0.1, 0.15) is 54.7 Å². The van der Waals surface area contributed by atoms with E-state index < -0.39 is 16.1 Å². The Hall–Kier alpha value is -3.31. The van der Waals surface area contributed by atoms with Crippen LogP contribution < -0.4 is 14.9 Å². The molecule has 0 radical (unpaired) electrons. The van der Waals surface area contributed by atoms with Crippen molar-refractivity contribution in [3.8, 4) is 0 Å². The Morgan fingerprint density at radius 3 is 2.73 bits per heavy atom. The highest BCUT2D eigenvalue weighted by atomic mass is 32.2. The Labute approximate surface area is 246 Å². The number of hydrogen-bond donors (Lipinski definition) is 3. The van der Waals surface area contributed by atoms with Crippen molar-refractivity contribution in [3.05, 3.63) is 94.8 Å². The number of aliphatic hydroxyl groups is 1. The largest absolute Gasteiger partial charge is 0.387 e. The zero-order chi connectivity index (χ0) is 28.7. The fourth-order valence-corrected chi connectivity index (χ4v) is 6.96. The highest BCUT2D eigenvalue weighted by Crippen LogP contribution is 2.37. The molecule has 1 aliphatic rings. The molecule has 0 amide bonds. The number of aliphatic hydroxyl groups excluding tert-OH is 1. The SMILES string of the molecule is CCCCCc1csc(N2CCc3cc(S(=O)(=O)Nc4ccc(CCNCC(O)c5cccnc5)cc4)ccc32)n1. The minimum atomic E-state index is -3.72. The van der Waals surface area contributed by atoms with Crippen molar-refractivity contribution in [2.75, 3.05) is 29.3 Å². The van der Waals surface area contributed by atoms with Crippen LogP contribution in [0.3, 0.4) is 0 Å². The average Bonchev–Trinajstić information content (AvgIpc) is 3.63. The third kappa shape index (κ3) is 7.51. The fourth-order valence-electron chi connectivity index (χ4n) is 4.95. The van der Waals surface area contributed by atoms with Crippen molar-refractivity contribution >= 4 is 37.9 Å². The third-order valence-electron chi connectivity index (χ3n) is 7.27. The molecule has 4 aromatic rings. The molecule has 216 valence electrons. The molecule has 1 aliphatic heterocycles. The van der Waals surface area contributed by atoms with Crippen molar-refractivity contribution in [2.24, 2.45) is 0 Å². The number of rotatable bonds is 14. The summed E-state index contributed by atoms with van der Waals surface area (Å²) in [6.45, 7) is 4.13. The van der Waals surface area contributed by atoms with Crippen molar-refractivity contribution in [1.29, 1.82) is 0 Å². The Bertz CT molecular complexity index is 1530. The molecule has 0 spiro atoms. The molecule has 3 N–H and O–H groups in total. The van der Waals surface area contributed by atoms with Gasteiger partial charge in [-0.3, -0.25) is 9.71 Å². The van der Waals surface area contributed by atoms with Crippen LogP contribution in [0.15, 0.2) is 77.3 Å². The molecule has 0 fully saturated rings. The van der Waals surface area contributed by atoms with Gasteiger partial charge in [0.05, 0.1) is 16.7 Å². The van der Waals surface area contributed by atoms with E-state index in [1.54, 1.807) is 54.1 Å². The molecule has 1 atom stereocenters. The van der Waals surface area contributed by atoms with Gasteiger partial charge in [-0.05, 0) is 79.8 Å². The quantitative estimate of drug-likeness (QED) is 0.163. The van der Waals surface area contributed by atoms with E-state index >= 15 is 0 Å². The first-order chi connectivity index (χ1) is 19.9. The number of unbranched alkanes of at least 4 members (excludes halogenated alkanes) is 2. The van der Waals surface area contributed by atoms with Crippen molar-refractivity contribution in [3.63, 3.8) is 0 Å². The molecule has 5 rings (SSSR count). The van der Waals surface area contributed by atoms with Gasteiger partial charge in [-0.25, -0.2) is 13.4 Å². The van der Waals surface area contributed by atoms with Gasteiger partial charge in [-0.2, -0.15) is 0 Å². The molecular formula is C31H37N5O3S2. The van der Waals surface area contributed by atoms with Crippen molar-refractivity contribution in [1.82, 2.24) is 15.3 Å². The lowest BCUT2D eigenvalue weighted by Gasteiger charge is -2.16. The summed E-state index contributed by atoms with van der Waals surface area (Å²) >= 11 is 1.65. The lowest BCUT2D eigenvalue weighted by molar-refractivity contribution is 0.174. The number of aryl methyl sites for hydroxylation is 1. The monoisotopic (exact) mass is 591 g/mol. The van der Waals surface area contributed by atoms with Gasteiger partial charge in [-0.1, -0.05) is 38.0 Å². The Morgan fingerprint density at radius 1 is 1.10 bits per heavy atom. The average molecular weight is 592 g/mol. The van der Waals surface area contributed by atoms with Gasteiger partial charge in [0, 0.05) is 47.8 Å². The van der Waals surface area contributed by atoms with Crippen molar-refractivity contribution in [2.45, 2.75) is 56.4 Å². The number of sulfonamides is 1. The van der Waals surface area contributed by atoms with Gasteiger partial charge in [-0.15, -0.1) is 11.3 Å². The van der Waals surface area contributed by atoms with Gasteiger partial charge in [0.1, 0.15) is 0 Å². The highest BCUT2D eigenvalue weighted by molar-refractivity contribution is 7.92. The van der Waals surface area contributed by atoms with E-state index in [1.807, 2.05) is 24.3 Å². The molecule has 0 aliphatic carbocycles. The zero-order valence-corrected chi connectivity index (χ0v) is 24.9. The predicted molar refractivity (Wildman–Crippen MR) is 166 cm³/mol. The molecule has 0 saturated carbocycles. The smallest absolute Gasteiger partial charge is 0.261 e. The number of pyridine rings is 1. The number of hydrogen-bond acceptors (Lipinski definition) is 8. The maximum absolute atomic E-state index is 13.2. The Kier molecular flexibility index (Phi) is 9.66. The van der Waals surface area contributed by atoms with E-state index in [9.17, 15) is 13.5 Å². The van der Waals surface area contributed by atoms with E-state index in [0.717, 1.165) is 65.4 Å². The number of nitrogens with one attached hydrogen (secondary N) is 2. The number of nitrogens with zero attached hydrogens (tertiary/aromatic N) is 3. The molecule has 3 heterocycles. The first-order valence-corrected chi connectivity index (χ1v) is 16.5. The molecule has 41 heavy (non-hydrogen) atoms. The van der Waals surface area contributed by atoms with Crippen LogP contribution in [-0.2, 0) is 29.3 Å². The summed E-state index contributed by atoms with van der Waals surface area (Å²) in [5.41, 5.74) is 5.57. The van der Waals surface area contributed by atoms with Gasteiger partial charge >= 0.3 is 0 Å². The minimum absolute atomic E-state index is 0.262. The second-order valence-electron chi connectivity index (χ2n) is 10.3. The maximum atomic E-state index is 13.2. The van der Waals surface area contributed by atoms with Crippen LogP contribution in [0.5, 0.6) is 0 Å². The van der Waals surface area contributed by atoms with E-state index in [4.69, 9.17) is 4.98 Å². The van der Waals surface area contributed by atoms with Crippen LogP contribution in [-0.4, -0.2) is 43.1 Å². The van der Waals surface area contributed by atoms with Crippen LogP contribution >= 0.6 is 11.3 Å². The van der Waals surface area contributed by atoms with Gasteiger partial charge in [0.25, 0.3) is 10.0 Å². The third-order valence-corrected chi connectivity index (χ3v) is 9.56. The van der Waals surface area contributed by atoms with Crippen LogP contribution in [0.4, 0.5) is 16.5 Å². The Morgan fingerprint density at radius 2 is 1.95 bits per heavy atom. The summed E-state index contributed by atoms with van der Waals surface area (Å²) in [6, 6.07) is 16.4.